The molecule has 0 saturated carbocycles. The largest absolute Gasteiger partial charge is 0.481 e. The number of benzene rings is 1. The number of carbonyl (C=O) groups excluding carboxylic acids is 5. The van der Waals surface area contributed by atoms with Gasteiger partial charge in [-0.1, -0.05) is 30.3 Å². The lowest BCUT2D eigenvalue weighted by molar-refractivity contribution is -0.173. The summed E-state index contributed by atoms with van der Waals surface area (Å²) in [6, 6.07) is 7.19. The van der Waals surface area contributed by atoms with Crippen molar-refractivity contribution in [1.82, 2.24) is 26.1 Å². The van der Waals surface area contributed by atoms with Crippen molar-refractivity contribution in [2.75, 3.05) is 27.2 Å². The van der Waals surface area contributed by atoms with E-state index in [4.69, 9.17) is 14.7 Å². The monoisotopic (exact) mass is 589 g/mol. The maximum Gasteiger partial charge on any atom is 0.314 e. The third-order valence-electron chi connectivity index (χ3n) is 7.56. The number of carboxylic acids is 1. The number of nitrogens with zero attached hydrogens (tertiary/aromatic N) is 2. The van der Waals surface area contributed by atoms with Gasteiger partial charge in [-0.15, -0.1) is 0 Å². The predicted molar refractivity (Wildman–Crippen MR) is 147 cm³/mol. The molecule has 3 saturated heterocycles. The predicted octanol–water partition coefficient (Wildman–Crippen LogP) is -0.256. The summed E-state index contributed by atoms with van der Waals surface area (Å²) in [5, 5.41) is 17.1. The molecule has 6 atom stereocenters. The van der Waals surface area contributed by atoms with E-state index in [9.17, 15) is 28.8 Å². The van der Waals surface area contributed by atoms with Crippen LogP contribution in [-0.2, 0) is 38.3 Å². The van der Waals surface area contributed by atoms with E-state index in [1.165, 1.54) is 17.1 Å². The Hall–Kier alpha value is -3.72. The van der Waals surface area contributed by atoms with E-state index in [2.05, 4.69) is 16.1 Å². The lowest BCUT2D eigenvalue weighted by Gasteiger charge is -2.41. The van der Waals surface area contributed by atoms with E-state index in [-0.39, 0.29) is 30.3 Å². The third kappa shape index (κ3) is 7.97. The SMILES string of the molecule is CN[C@@H](CC(=O)O)C(=O)COC(=O)C1C(C)ONC1c1ccccc1.CN[C@H]1CCC(=O)N2CCC[C@@H](C=O)N2C1=O. The molecule has 42 heavy (non-hydrogen) atoms. The summed E-state index contributed by atoms with van der Waals surface area (Å²) >= 11 is 0. The number of hydrazine groups is 1. The van der Waals surface area contributed by atoms with Crippen molar-refractivity contribution in [2.45, 2.75) is 69.3 Å². The number of carboxylic acid groups (broad SMARTS) is 1. The number of carbonyl (C=O) groups is 6. The highest BCUT2D eigenvalue weighted by molar-refractivity contribution is 5.91. The molecule has 0 aromatic heterocycles. The minimum atomic E-state index is -1.11. The van der Waals surface area contributed by atoms with Gasteiger partial charge in [0.05, 0.1) is 30.7 Å². The van der Waals surface area contributed by atoms with Gasteiger partial charge >= 0.3 is 11.9 Å². The van der Waals surface area contributed by atoms with E-state index in [0.29, 0.717) is 25.8 Å². The van der Waals surface area contributed by atoms with Crippen LogP contribution in [0.15, 0.2) is 30.3 Å². The zero-order valence-corrected chi connectivity index (χ0v) is 24.0. The minimum absolute atomic E-state index is 0.0670. The van der Waals surface area contributed by atoms with E-state index >= 15 is 0 Å². The highest BCUT2D eigenvalue weighted by Gasteiger charge is 2.43. The number of hydrogen-bond acceptors (Lipinski definition) is 11. The molecule has 230 valence electrons. The van der Waals surface area contributed by atoms with Crippen molar-refractivity contribution >= 4 is 35.8 Å². The Balaban J connectivity index is 0.000000247. The smallest absolute Gasteiger partial charge is 0.314 e. The number of hydrogen-bond donors (Lipinski definition) is 4. The highest BCUT2D eigenvalue weighted by Crippen LogP contribution is 2.32. The maximum atomic E-state index is 12.4. The first kappa shape index (κ1) is 32.8. The van der Waals surface area contributed by atoms with Crippen LogP contribution in [0.2, 0.25) is 0 Å². The number of hydroxylamine groups is 1. The van der Waals surface area contributed by atoms with Gasteiger partial charge in [0.2, 0.25) is 5.91 Å². The molecule has 3 heterocycles. The van der Waals surface area contributed by atoms with Crippen molar-refractivity contribution in [3.05, 3.63) is 35.9 Å². The van der Waals surface area contributed by atoms with Gasteiger partial charge in [-0.05, 0) is 45.8 Å². The molecule has 3 aliphatic rings. The Kier molecular flexibility index (Phi) is 12.1. The number of Topliss-reactive ketones (excluding diaryl/α,β-unsaturated/α-hetero) is 1. The van der Waals surface area contributed by atoms with E-state index < -0.39 is 48.4 Å². The van der Waals surface area contributed by atoms with E-state index in [1.807, 2.05) is 30.3 Å². The van der Waals surface area contributed by atoms with Crippen LogP contribution in [-0.4, -0.2) is 102 Å². The van der Waals surface area contributed by atoms with E-state index in [1.54, 1.807) is 14.0 Å². The quantitative estimate of drug-likeness (QED) is 0.208. The van der Waals surface area contributed by atoms with Gasteiger partial charge < -0.3 is 25.3 Å². The van der Waals surface area contributed by atoms with Crippen molar-refractivity contribution in [2.24, 2.45) is 5.92 Å². The summed E-state index contributed by atoms with van der Waals surface area (Å²) in [4.78, 5) is 75.7. The van der Waals surface area contributed by atoms with Gasteiger partial charge in [0.1, 0.15) is 18.2 Å². The molecular formula is C28H39N5O9. The van der Waals surface area contributed by atoms with Crippen LogP contribution in [0.3, 0.4) is 0 Å². The number of nitrogens with one attached hydrogen (secondary N) is 3. The summed E-state index contributed by atoms with van der Waals surface area (Å²) in [5.74, 6) is -3.01. The topological polar surface area (TPSA) is 184 Å². The Morgan fingerprint density at radius 1 is 1.19 bits per heavy atom. The summed E-state index contributed by atoms with van der Waals surface area (Å²) in [7, 11) is 3.18. The molecule has 0 spiro atoms. The number of amides is 2. The fourth-order valence-corrected chi connectivity index (χ4v) is 5.21. The second kappa shape index (κ2) is 15.5. The lowest BCUT2D eigenvalue weighted by Crippen LogP contribution is -2.60. The Morgan fingerprint density at radius 3 is 2.52 bits per heavy atom. The Bertz CT molecular complexity index is 1130. The van der Waals surface area contributed by atoms with Gasteiger partial charge in [0.25, 0.3) is 5.91 Å². The number of esters is 1. The number of ketones is 1. The zero-order valence-electron chi connectivity index (χ0n) is 24.0. The summed E-state index contributed by atoms with van der Waals surface area (Å²) in [5.41, 5.74) is 3.70. The molecule has 4 N–H and O–H groups in total. The van der Waals surface area contributed by atoms with E-state index in [0.717, 1.165) is 18.3 Å². The van der Waals surface area contributed by atoms with Gasteiger partial charge in [0, 0.05) is 13.0 Å². The number of fused-ring (bicyclic) bond motifs is 1. The van der Waals surface area contributed by atoms with Crippen molar-refractivity contribution in [1.29, 1.82) is 0 Å². The average Bonchev–Trinajstić information content (AvgIpc) is 3.34. The first-order valence-corrected chi connectivity index (χ1v) is 13.9. The number of aldehydes is 1. The number of likely N-dealkylation sites (N-methyl/N-ethyl adjacent to an activating group) is 2. The highest BCUT2D eigenvalue weighted by atomic mass is 16.7. The van der Waals surface area contributed by atoms with Crippen LogP contribution in [0.4, 0.5) is 0 Å². The fraction of sp³-hybridized carbons (Fsp3) is 0.571. The third-order valence-corrected chi connectivity index (χ3v) is 7.56. The number of ether oxygens (including phenoxy) is 1. The first-order valence-electron chi connectivity index (χ1n) is 13.9. The molecule has 4 rings (SSSR count). The second-order valence-electron chi connectivity index (χ2n) is 10.3. The van der Waals surface area contributed by atoms with Crippen LogP contribution in [0.5, 0.6) is 0 Å². The molecule has 3 fully saturated rings. The van der Waals surface area contributed by atoms with Crippen LogP contribution in [0.1, 0.15) is 50.6 Å². The van der Waals surface area contributed by atoms with Crippen LogP contribution < -0.4 is 16.1 Å². The molecule has 2 amide bonds. The molecular weight excluding hydrogens is 550 g/mol. The second-order valence-corrected chi connectivity index (χ2v) is 10.3. The van der Waals surface area contributed by atoms with Crippen molar-refractivity contribution < 1.29 is 43.4 Å². The van der Waals surface area contributed by atoms with Gasteiger partial charge in [-0.2, -0.15) is 5.48 Å². The average molecular weight is 590 g/mol. The molecule has 14 nitrogen and oxygen atoms in total. The van der Waals surface area contributed by atoms with Crippen LogP contribution in [0.25, 0.3) is 0 Å². The Morgan fingerprint density at radius 2 is 1.90 bits per heavy atom. The van der Waals surface area contributed by atoms with Gasteiger partial charge in [0.15, 0.2) is 12.4 Å². The zero-order chi connectivity index (χ0) is 30.8. The molecule has 0 bridgehead atoms. The fourth-order valence-electron chi connectivity index (χ4n) is 5.21. The molecule has 1 aromatic rings. The minimum Gasteiger partial charge on any atom is -0.481 e. The molecule has 0 aliphatic carbocycles. The normalized spacial score (nSPS) is 26.3. The van der Waals surface area contributed by atoms with Crippen LogP contribution >= 0.6 is 0 Å². The summed E-state index contributed by atoms with van der Waals surface area (Å²) in [6.07, 6.45) is 2.20. The lowest BCUT2D eigenvalue weighted by atomic mass is 9.91. The van der Waals surface area contributed by atoms with Gasteiger partial charge in [-0.25, -0.2) is 5.01 Å². The summed E-state index contributed by atoms with van der Waals surface area (Å²) in [6.45, 7) is 1.79. The molecule has 1 aromatic carbocycles. The van der Waals surface area contributed by atoms with Gasteiger partial charge in [-0.3, -0.25) is 33.8 Å². The maximum absolute atomic E-state index is 12.4. The molecule has 3 unspecified atom stereocenters. The number of aliphatic carboxylic acids is 1. The standard InChI is InChI=1S/C17H22N2O6.C11H17N3O3/c1-10-15(16(19-25-10)11-6-4-3-5-7-11)17(23)24-9-13(20)12(18-2)8-14(21)22;1-12-9-4-5-10(16)13-6-2-3-8(7-15)14(13)11(9)17/h3-7,10,12,15-16,18-19H,8-9H2,1-2H3,(H,21,22);7-9,12H,2-6H2,1H3/t10?,12-,15?,16?;8-,9-/m00/s1. The van der Waals surface area contributed by atoms with Crippen LogP contribution in [0, 0.1) is 5.92 Å². The summed E-state index contributed by atoms with van der Waals surface area (Å²) < 4.78 is 5.13. The van der Waals surface area contributed by atoms with Crippen molar-refractivity contribution in [3.8, 4) is 0 Å². The molecule has 0 radical (unpaired) electrons. The Labute approximate surface area is 244 Å². The first-order chi connectivity index (χ1) is 20.1. The molecule has 3 aliphatic heterocycles. The van der Waals surface area contributed by atoms with Crippen molar-refractivity contribution in [3.63, 3.8) is 0 Å². The number of rotatable bonds is 10. The molecule has 14 heteroatoms.